The van der Waals surface area contributed by atoms with E-state index in [0.717, 1.165) is 27.7 Å². The van der Waals surface area contributed by atoms with Crippen molar-refractivity contribution in [2.45, 2.75) is 38.2 Å². The molecule has 0 spiro atoms. The summed E-state index contributed by atoms with van der Waals surface area (Å²) in [6, 6.07) is 8.02. The number of nitrogens with zero attached hydrogens (tertiary/aromatic N) is 4. The fourth-order valence-corrected chi connectivity index (χ4v) is 4.01. The summed E-state index contributed by atoms with van der Waals surface area (Å²) < 4.78 is 7.82. The first-order chi connectivity index (χ1) is 13.1. The molecule has 4 aromatic rings. The molecule has 1 N–H and O–H groups in total. The van der Waals surface area contributed by atoms with Gasteiger partial charge in [0.2, 0.25) is 5.89 Å². The summed E-state index contributed by atoms with van der Waals surface area (Å²) in [5, 5.41) is 0.747. The Labute approximate surface area is 159 Å². The van der Waals surface area contributed by atoms with Gasteiger partial charge in [-0.3, -0.25) is 4.79 Å². The molecular weight excluding hydrogens is 362 g/mol. The van der Waals surface area contributed by atoms with Crippen molar-refractivity contribution in [1.29, 1.82) is 0 Å². The molecule has 138 valence electrons. The molecule has 0 fully saturated rings. The third-order valence-electron chi connectivity index (χ3n) is 4.43. The number of aromatic amines is 1. The Bertz CT molecular complexity index is 1170. The molecule has 0 atom stereocenters. The van der Waals surface area contributed by atoms with Crippen LogP contribution < -0.4 is 5.56 Å². The van der Waals surface area contributed by atoms with Crippen LogP contribution in [0.1, 0.15) is 23.9 Å². The van der Waals surface area contributed by atoms with Crippen LogP contribution >= 0.6 is 11.8 Å². The second-order valence-electron chi connectivity index (χ2n) is 6.17. The summed E-state index contributed by atoms with van der Waals surface area (Å²) in [4.78, 5) is 27.9. The van der Waals surface area contributed by atoms with Gasteiger partial charge in [-0.15, -0.1) is 0 Å². The molecule has 27 heavy (non-hydrogen) atoms. The lowest BCUT2D eigenvalue weighted by Gasteiger charge is -2.03. The van der Waals surface area contributed by atoms with E-state index in [1.165, 1.54) is 18.1 Å². The van der Waals surface area contributed by atoms with Crippen LogP contribution in [0.15, 0.2) is 45.0 Å². The van der Waals surface area contributed by atoms with E-state index in [1.807, 2.05) is 49.6 Å². The minimum Gasteiger partial charge on any atom is -0.441 e. The lowest BCUT2D eigenvalue weighted by molar-refractivity contribution is 0.540. The Hall–Kier alpha value is -2.87. The summed E-state index contributed by atoms with van der Waals surface area (Å²) in [6.07, 6.45) is 1.41. The lowest BCUT2D eigenvalue weighted by atomic mass is 10.1. The van der Waals surface area contributed by atoms with Crippen molar-refractivity contribution in [3.8, 4) is 11.5 Å². The molecule has 0 radical (unpaired) electrons. The number of aryl methyl sites for hydroxylation is 3. The van der Waals surface area contributed by atoms with Gasteiger partial charge in [-0.2, -0.15) is 0 Å². The van der Waals surface area contributed by atoms with E-state index in [4.69, 9.17) is 4.42 Å². The van der Waals surface area contributed by atoms with Crippen molar-refractivity contribution < 1.29 is 4.42 Å². The van der Waals surface area contributed by atoms with Crippen LogP contribution in [-0.4, -0.2) is 24.5 Å². The van der Waals surface area contributed by atoms with Crippen LogP contribution in [0.3, 0.4) is 0 Å². The van der Waals surface area contributed by atoms with Gasteiger partial charge in [0.15, 0.2) is 16.3 Å². The number of aromatic nitrogens is 5. The Morgan fingerprint density at radius 2 is 2.04 bits per heavy atom. The highest BCUT2D eigenvalue weighted by molar-refractivity contribution is 7.98. The van der Waals surface area contributed by atoms with Gasteiger partial charge in [-0.25, -0.2) is 15.0 Å². The van der Waals surface area contributed by atoms with Crippen molar-refractivity contribution in [3.05, 3.63) is 58.0 Å². The van der Waals surface area contributed by atoms with Crippen molar-refractivity contribution >= 4 is 22.9 Å². The number of oxazole rings is 1. The first-order valence-electron chi connectivity index (χ1n) is 8.67. The molecule has 0 saturated carbocycles. The second kappa shape index (κ2) is 7.03. The summed E-state index contributed by atoms with van der Waals surface area (Å²) in [7, 11) is 0. The maximum atomic E-state index is 12.0. The zero-order valence-corrected chi connectivity index (χ0v) is 16.1. The lowest BCUT2D eigenvalue weighted by Crippen LogP contribution is -2.07. The van der Waals surface area contributed by atoms with Crippen molar-refractivity contribution in [3.63, 3.8) is 0 Å². The number of hydrogen-bond acceptors (Lipinski definition) is 6. The maximum Gasteiger partial charge on any atom is 0.278 e. The van der Waals surface area contributed by atoms with Crippen LogP contribution in [-0.2, 0) is 12.3 Å². The van der Waals surface area contributed by atoms with Gasteiger partial charge in [-0.1, -0.05) is 30.0 Å². The van der Waals surface area contributed by atoms with E-state index in [9.17, 15) is 4.79 Å². The van der Waals surface area contributed by atoms with Gasteiger partial charge in [0.05, 0.1) is 12.0 Å². The minimum absolute atomic E-state index is 0.228. The van der Waals surface area contributed by atoms with E-state index >= 15 is 0 Å². The fourth-order valence-electron chi connectivity index (χ4n) is 2.95. The Balaban J connectivity index is 1.63. The van der Waals surface area contributed by atoms with Gasteiger partial charge < -0.3 is 14.0 Å². The van der Waals surface area contributed by atoms with Crippen LogP contribution in [0, 0.1) is 13.8 Å². The monoisotopic (exact) mass is 381 g/mol. The molecule has 0 bridgehead atoms. The number of benzene rings is 1. The van der Waals surface area contributed by atoms with E-state index < -0.39 is 0 Å². The molecule has 0 aliphatic carbocycles. The molecular formula is C19H19N5O2S. The molecule has 3 heterocycles. The molecule has 0 aliphatic heterocycles. The number of rotatable bonds is 5. The molecule has 4 rings (SSSR count). The molecule has 3 aromatic heterocycles. The number of fused-ring (bicyclic) bond motifs is 1. The van der Waals surface area contributed by atoms with Crippen LogP contribution in [0.25, 0.3) is 22.6 Å². The molecule has 0 unspecified atom stereocenters. The largest absolute Gasteiger partial charge is 0.441 e. The number of imidazole rings is 1. The minimum atomic E-state index is -0.228. The Morgan fingerprint density at radius 3 is 2.81 bits per heavy atom. The van der Waals surface area contributed by atoms with E-state index in [-0.39, 0.29) is 5.56 Å². The number of thioether (sulfide) groups is 1. The van der Waals surface area contributed by atoms with Crippen molar-refractivity contribution in [2.24, 2.45) is 0 Å². The summed E-state index contributed by atoms with van der Waals surface area (Å²) >= 11 is 1.52. The normalized spacial score (nSPS) is 11.4. The number of H-pyrrole nitrogens is 1. The highest BCUT2D eigenvalue weighted by Crippen LogP contribution is 2.29. The molecule has 8 heteroatoms. The third-order valence-corrected chi connectivity index (χ3v) is 5.41. The maximum absolute atomic E-state index is 12.0. The van der Waals surface area contributed by atoms with Crippen molar-refractivity contribution in [1.82, 2.24) is 24.5 Å². The first kappa shape index (κ1) is 17.5. The predicted octanol–water partition coefficient (Wildman–Crippen LogP) is 3.70. The van der Waals surface area contributed by atoms with Crippen LogP contribution in [0.4, 0.5) is 0 Å². The topological polar surface area (TPSA) is 89.6 Å². The van der Waals surface area contributed by atoms with E-state index in [2.05, 4.69) is 19.9 Å². The molecule has 0 amide bonds. The van der Waals surface area contributed by atoms with Gasteiger partial charge >= 0.3 is 0 Å². The van der Waals surface area contributed by atoms with Gasteiger partial charge in [0.25, 0.3) is 5.56 Å². The molecule has 1 aromatic carbocycles. The molecule has 0 aliphatic rings. The fraction of sp³-hybridized carbons (Fsp3) is 0.263. The third kappa shape index (κ3) is 3.16. The Kier molecular flexibility index (Phi) is 4.57. The SMILES string of the molecule is CCn1c(SCc2nc(-c3ccccc3C)oc2C)nc2c(=O)[nH]cnc21. The first-order valence-corrected chi connectivity index (χ1v) is 9.66. The quantitative estimate of drug-likeness (QED) is 0.530. The van der Waals surface area contributed by atoms with Gasteiger partial charge in [-0.05, 0) is 32.4 Å². The predicted molar refractivity (Wildman–Crippen MR) is 105 cm³/mol. The van der Waals surface area contributed by atoms with Gasteiger partial charge in [0.1, 0.15) is 5.76 Å². The second-order valence-corrected chi connectivity index (χ2v) is 7.11. The number of nitrogens with one attached hydrogen (secondary N) is 1. The highest BCUT2D eigenvalue weighted by Gasteiger charge is 2.17. The average molecular weight is 381 g/mol. The Morgan fingerprint density at radius 1 is 1.22 bits per heavy atom. The summed E-state index contributed by atoms with van der Waals surface area (Å²) in [5.41, 5.74) is 3.72. The average Bonchev–Trinajstić information content (AvgIpc) is 3.21. The standard InChI is InChI=1S/C19H19N5O2S/c1-4-24-16-15(17(25)21-10-20-16)23-19(24)27-9-14-12(3)26-18(22-14)13-8-6-5-7-11(13)2/h5-8,10H,4,9H2,1-3H3,(H,20,21,25). The summed E-state index contributed by atoms with van der Waals surface area (Å²) in [6.45, 7) is 6.64. The van der Waals surface area contributed by atoms with Crippen LogP contribution in [0.2, 0.25) is 0 Å². The van der Waals surface area contributed by atoms with E-state index in [0.29, 0.717) is 29.4 Å². The summed E-state index contributed by atoms with van der Waals surface area (Å²) in [5.74, 6) is 2.02. The smallest absolute Gasteiger partial charge is 0.278 e. The van der Waals surface area contributed by atoms with Crippen molar-refractivity contribution in [2.75, 3.05) is 0 Å². The number of hydrogen-bond donors (Lipinski definition) is 1. The van der Waals surface area contributed by atoms with Crippen LogP contribution in [0.5, 0.6) is 0 Å². The zero-order valence-electron chi connectivity index (χ0n) is 15.3. The zero-order chi connectivity index (χ0) is 19.0. The van der Waals surface area contributed by atoms with E-state index in [1.54, 1.807) is 0 Å². The highest BCUT2D eigenvalue weighted by atomic mass is 32.2. The van der Waals surface area contributed by atoms with Gasteiger partial charge in [0, 0.05) is 17.9 Å². The molecule has 7 nitrogen and oxygen atoms in total. The molecule has 0 saturated heterocycles.